The lowest BCUT2D eigenvalue weighted by molar-refractivity contribution is 0.0332. The van der Waals surface area contributed by atoms with Gasteiger partial charge in [-0.25, -0.2) is 9.97 Å². The van der Waals surface area contributed by atoms with E-state index < -0.39 is 0 Å². The molecule has 0 saturated carbocycles. The molecule has 0 aromatic carbocycles. The van der Waals surface area contributed by atoms with Crippen molar-refractivity contribution in [3.8, 4) is 11.3 Å². The zero-order chi connectivity index (χ0) is 24.0. The lowest BCUT2D eigenvalue weighted by Gasteiger charge is -2.41. The maximum Gasteiger partial charge on any atom is 0.227 e. The Kier molecular flexibility index (Phi) is 5.51. The molecule has 1 unspecified atom stereocenters. The first kappa shape index (κ1) is 22.3. The second kappa shape index (κ2) is 8.39. The lowest BCUT2D eigenvalue weighted by atomic mass is 9.81. The van der Waals surface area contributed by atoms with Crippen LogP contribution in [0.5, 0.6) is 0 Å². The molecule has 0 amide bonds. The number of hydrogen-bond donors (Lipinski definition) is 3. The van der Waals surface area contributed by atoms with Crippen molar-refractivity contribution in [3.63, 3.8) is 0 Å². The summed E-state index contributed by atoms with van der Waals surface area (Å²) in [6.07, 6.45) is 8.06. The molecular formula is C25H32N8O. The molecule has 34 heavy (non-hydrogen) atoms. The van der Waals surface area contributed by atoms with E-state index in [9.17, 15) is 5.11 Å². The standard InChI is InChI=1S/C25H32N8O/c1-15(2)33-13-18(23-16(3)11-28-31-23)17-12-27-22(10-19(17)33)29-21-6-8-26-24(30-21)32-9-7-20(34)25(4,5)14-32/h6,8,10-13,15,20,34H,7,9,14H2,1-5H3,(H,28,31)(H,26,27,29,30). The van der Waals surface area contributed by atoms with Crippen LogP contribution in [0.4, 0.5) is 17.6 Å². The van der Waals surface area contributed by atoms with Crippen LogP contribution in [0.1, 0.15) is 45.7 Å². The Bertz CT molecular complexity index is 1320. The summed E-state index contributed by atoms with van der Waals surface area (Å²) in [7, 11) is 0. The summed E-state index contributed by atoms with van der Waals surface area (Å²) in [6.45, 7) is 12.0. The van der Waals surface area contributed by atoms with Crippen LogP contribution >= 0.6 is 0 Å². The molecule has 1 aliphatic heterocycles. The van der Waals surface area contributed by atoms with E-state index in [0.29, 0.717) is 24.7 Å². The van der Waals surface area contributed by atoms with Crippen molar-refractivity contribution in [1.82, 2.24) is 29.7 Å². The quantitative estimate of drug-likeness (QED) is 0.404. The van der Waals surface area contributed by atoms with Gasteiger partial charge >= 0.3 is 0 Å². The number of aliphatic hydroxyl groups excluding tert-OH is 1. The van der Waals surface area contributed by atoms with Crippen molar-refractivity contribution < 1.29 is 5.11 Å². The fourth-order valence-corrected chi connectivity index (χ4v) is 4.68. The van der Waals surface area contributed by atoms with Crippen LogP contribution in [0.3, 0.4) is 0 Å². The lowest BCUT2D eigenvalue weighted by Crippen LogP contribution is -2.49. The molecule has 1 fully saturated rings. The summed E-state index contributed by atoms with van der Waals surface area (Å²) in [5.74, 6) is 2.07. The van der Waals surface area contributed by atoms with Gasteiger partial charge in [0, 0.05) is 60.2 Å². The first-order chi connectivity index (χ1) is 16.2. The van der Waals surface area contributed by atoms with E-state index in [1.54, 1.807) is 6.20 Å². The fourth-order valence-electron chi connectivity index (χ4n) is 4.68. The number of hydrogen-bond acceptors (Lipinski definition) is 7. The third-order valence-corrected chi connectivity index (χ3v) is 6.73. The monoisotopic (exact) mass is 460 g/mol. The summed E-state index contributed by atoms with van der Waals surface area (Å²) >= 11 is 0. The van der Waals surface area contributed by atoms with Crippen LogP contribution in [0.25, 0.3) is 22.2 Å². The molecule has 0 aliphatic carbocycles. The fraction of sp³-hybridized carbons (Fsp3) is 0.440. The molecule has 5 heterocycles. The minimum atomic E-state index is -0.311. The van der Waals surface area contributed by atoms with Gasteiger partial charge in [-0.3, -0.25) is 5.10 Å². The highest BCUT2D eigenvalue weighted by Crippen LogP contribution is 2.34. The highest BCUT2D eigenvalue weighted by atomic mass is 16.3. The van der Waals surface area contributed by atoms with E-state index in [1.165, 1.54) is 0 Å². The molecule has 5 rings (SSSR count). The van der Waals surface area contributed by atoms with Gasteiger partial charge in [0.25, 0.3) is 0 Å². The van der Waals surface area contributed by atoms with E-state index >= 15 is 0 Å². The Labute approximate surface area is 199 Å². The predicted molar refractivity (Wildman–Crippen MR) is 134 cm³/mol. The van der Waals surface area contributed by atoms with E-state index in [2.05, 4.69) is 81.8 Å². The highest BCUT2D eigenvalue weighted by Gasteiger charge is 2.35. The molecule has 0 bridgehead atoms. The van der Waals surface area contributed by atoms with Gasteiger partial charge in [-0.15, -0.1) is 0 Å². The largest absolute Gasteiger partial charge is 0.392 e. The predicted octanol–water partition coefficient (Wildman–Crippen LogP) is 4.45. The molecule has 1 aliphatic rings. The van der Waals surface area contributed by atoms with Gasteiger partial charge in [-0.2, -0.15) is 10.1 Å². The third kappa shape index (κ3) is 4.00. The zero-order valence-electron chi connectivity index (χ0n) is 20.4. The SMILES string of the molecule is Cc1cn[nH]c1-c1cn(C(C)C)c2cc(Nc3ccnc(N4CCC(O)C(C)(C)C4)n3)ncc12. The summed E-state index contributed by atoms with van der Waals surface area (Å²) in [6, 6.07) is 4.20. The number of anilines is 3. The van der Waals surface area contributed by atoms with Crippen LogP contribution < -0.4 is 10.2 Å². The number of aromatic nitrogens is 6. The highest BCUT2D eigenvalue weighted by molar-refractivity contribution is 5.96. The van der Waals surface area contributed by atoms with Crippen molar-refractivity contribution in [1.29, 1.82) is 0 Å². The topological polar surface area (TPSA) is 108 Å². The van der Waals surface area contributed by atoms with Crippen molar-refractivity contribution in [2.24, 2.45) is 5.41 Å². The van der Waals surface area contributed by atoms with Crippen LogP contribution in [-0.2, 0) is 0 Å². The number of nitrogens with one attached hydrogen (secondary N) is 2. The Hall–Kier alpha value is -3.46. The van der Waals surface area contributed by atoms with Crippen molar-refractivity contribution in [2.75, 3.05) is 23.3 Å². The van der Waals surface area contributed by atoms with Gasteiger partial charge in [0.15, 0.2) is 0 Å². The third-order valence-electron chi connectivity index (χ3n) is 6.73. The van der Waals surface area contributed by atoms with Crippen LogP contribution in [-0.4, -0.2) is 54.0 Å². The minimum absolute atomic E-state index is 0.204. The molecule has 4 aromatic heterocycles. The van der Waals surface area contributed by atoms with Crippen molar-refractivity contribution in [2.45, 2.75) is 53.2 Å². The Morgan fingerprint density at radius 1 is 1.21 bits per heavy atom. The van der Waals surface area contributed by atoms with Gasteiger partial charge in [0.1, 0.15) is 11.6 Å². The number of nitrogens with zero attached hydrogens (tertiary/aromatic N) is 6. The minimum Gasteiger partial charge on any atom is -0.392 e. The van der Waals surface area contributed by atoms with Crippen LogP contribution in [0.15, 0.2) is 36.9 Å². The van der Waals surface area contributed by atoms with E-state index in [4.69, 9.17) is 4.98 Å². The number of aryl methyl sites for hydroxylation is 1. The first-order valence-electron chi connectivity index (χ1n) is 11.8. The molecule has 3 N–H and O–H groups in total. The van der Waals surface area contributed by atoms with Gasteiger partial charge in [-0.1, -0.05) is 13.8 Å². The van der Waals surface area contributed by atoms with E-state index in [-0.39, 0.29) is 17.6 Å². The molecule has 9 nitrogen and oxygen atoms in total. The van der Waals surface area contributed by atoms with E-state index in [1.807, 2.05) is 18.5 Å². The number of fused-ring (bicyclic) bond motifs is 1. The summed E-state index contributed by atoms with van der Waals surface area (Å²) < 4.78 is 2.25. The maximum atomic E-state index is 10.3. The zero-order valence-corrected chi connectivity index (χ0v) is 20.4. The molecule has 178 valence electrons. The smallest absolute Gasteiger partial charge is 0.227 e. The number of aliphatic hydroxyl groups is 1. The molecular weight excluding hydrogens is 428 g/mol. The normalized spacial score (nSPS) is 18.1. The van der Waals surface area contributed by atoms with Crippen LogP contribution in [0.2, 0.25) is 0 Å². The first-order valence-corrected chi connectivity index (χ1v) is 11.8. The average Bonchev–Trinajstić information content (AvgIpc) is 3.38. The Morgan fingerprint density at radius 3 is 2.74 bits per heavy atom. The van der Waals surface area contributed by atoms with Crippen LogP contribution in [0, 0.1) is 12.3 Å². The maximum absolute atomic E-state index is 10.3. The second-order valence-electron chi connectivity index (χ2n) is 10.1. The number of H-pyrrole nitrogens is 1. The molecule has 4 aromatic rings. The van der Waals surface area contributed by atoms with Gasteiger partial charge < -0.3 is 19.9 Å². The number of aromatic amines is 1. The van der Waals surface area contributed by atoms with Crippen molar-refractivity contribution >= 4 is 28.5 Å². The molecule has 1 atom stereocenters. The second-order valence-corrected chi connectivity index (χ2v) is 10.1. The Morgan fingerprint density at radius 2 is 2.03 bits per heavy atom. The van der Waals surface area contributed by atoms with Gasteiger partial charge in [-0.05, 0) is 38.8 Å². The summed E-state index contributed by atoms with van der Waals surface area (Å²) in [5.41, 5.74) is 4.10. The number of piperidine rings is 1. The van der Waals surface area contributed by atoms with Crippen molar-refractivity contribution in [3.05, 3.63) is 42.5 Å². The summed E-state index contributed by atoms with van der Waals surface area (Å²) in [5, 5.41) is 22.0. The molecule has 0 spiro atoms. The number of pyridine rings is 1. The molecule has 1 saturated heterocycles. The Balaban J connectivity index is 1.45. The molecule has 0 radical (unpaired) electrons. The summed E-state index contributed by atoms with van der Waals surface area (Å²) in [4.78, 5) is 16.0. The van der Waals surface area contributed by atoms with Gasteiger partial charge in [0.05, 0.1) is 23.5 Å². The number of rotatable bonds is 5. The van der Waals surface area contributed by atoms with E-state index in [0.717, 1.165) is 40.1 Å². The average molecular weight is 461 g/mol. The molecule has 9 heteroatoms. The van der Waals surface area contributed by atoms with Gasteiger partial charge in [0.2, 0.25) is 5.95 Å².